The lowest BCUT2D eigenvalue weighted by atomic mass is 9.48. The van der Waals surface area contributed by atoms with Crippen molar-refractivity contribution in [3.8, 4) is 12.3 Å². The van der Waals surface area contributed by atoms with E-state index >= 15 is 0 Å². The van der Waals surface area contributed by atoms with E-state index in [0.29, 0.717) is 6.42 Å². The minimum atomic E-state index is -0.0298. The quantitative estimate of drug-likeness (QED) is 0.579. The van der Waals surface area contributed by atoms with Crippen LogP contribution in [0.5, 0.6) is 0 Å². The molecule has 0 spiro atoms. The molecule has 3 heteroatoms. The molecule has 18 heavy (non-hydrogen) atoms. The molecule has 102 valence electrons. The zero-order valence-corrected chi connectivity index (χ0v) is 12.0. The van der Waals surface area contributed by atoms with E-state index in [2.05, 4.69) is 38.9 Å². The lowest BCUT2D eigenvalue weighted by Gasteiger charge is -2.62. The summed E-state index contributed by atoms with van der Waals surface area (Å²) >= 11 is 0. The molecule has 0 aromatic rings. The summed E-state index contributed by atoms with van der Waals surface area (Å²) < 4.78 is 0. The fourth-order valence-electron chi connectivity index (χ4n) is 3.30. The summed E-state index contributed by atoms with van der Waals surface area (Å²) in [6, 6.07) is 0.275. The number of nitrogens with one attached hydrogen (secondary N) is 1. The van der Waals surface area contributed by atoms with Crippen molar-refractivity contribution in [3.63, 3.8) is 0 Å². The average Bonchev–Trinajstić information content (AvgIpc) is 2.30. The van der Waals surface area contributed by atoms with Crippen LogP contribution in [0.2, 0.25) is 0 Å². The average molecular weight is 250 g/mol. The third-order valence-electron chi connectivity index (χ3n) is 4.37. The molecule has 1 rings (SSSR count). The first-order valence-electron chi connectivity index (χ1n) is 6.73. The van der Waals surface area contributed by atoms with Gasteiger partial charge in [-0.15, -0.1) is 12.3 Å². The Hall–Kier alpha value is -1.01. The van der Waals surface area contributed by atoms with Crippen molar-refractivity contribution in [2.75, 3.05) is 0 Å². The van der Waals surface area contributed by atoms with E-state index in [-0.39, 0.29) is 28.8 Å². The highest BCUT2D eigenvalue weighted by Gasteiger charge is 2.60. The predicted octanol–water partition coefficient (Wildman–Crippen LogP) is 2.06. The molecule has 1 amide bonds. The highest BCUT2D eigenvalue weighted by atomic mass is 16.1. The summed E-state index contributed by atoms with van der Waals surface area (Å²) in [7, 11) is 0. The van der Waals surface area contributed by atoms with Crippen molar-refractivity contribution in [2.45, 2.75) is 65.5 Å². The van der Waals surface area contributed by atoms with Crippen molar-refractivity contribution >= 4 is 5.91 Å². The number of amides is 1. The van der Waals surface area contributed by atoms with Gasteiger partial charge in [-0.3, -0.25) is 4.79 Å². The van der Waals surface area contributed by atoms with E-state index in [0.717, 1.165) is 19.3 Å². The predicted molar refractivity (Wildman–Crippen MR) is 74.8 cm³/mol. The zero-order valence-electron chi connectivity index (χ0n) is 12.0. The van der Waals surface area contributed by atoms with Crippen LogP contribution in [0.25, 0.3) is 0 Å². The molecule has 1 aliphatic rings. The van der Waals surface area contributed by atoms with Gasteiger partial charge in [-0.05, 0) is 12.8 Å². The number of carbonyl (C=O) groups excluding carboxylic acids is 1. The third-order valence-corrected chi connectivity index (χ3v) is 4.37. The van der Waals surface area contributed by atoms with Gasteiger partial charge in [0.1, 0.15) is 0 Å². The Morgan fingerprint density at radius 2 is 1.83 bits per heavy atom. The van der Waals surface area contributed by atoms with Crippen LogP contribution in [0.3, 0.4) is 0 Å². The maximum absolute atomic E-state index is 11.9. The lowest BCUT2D eigenvalue weighted by molar-refractivity contribution is -0.132. The summed E-state index contributed by atoms with van der Waals surface area (Å²) in [5, 5.41) is 3.13. The smallest absolute Gasteiger partial charge is 0.220 e. The van der Waals surface area contributed by atoms with Crippen LogP contribution < -0.4 is 11.1 Å². The van der Waals surface area contributed by atoms with Gasteiger partial charge < -0.3 is 11.1 Å². The number of terminal acetylenes is 1. The maximum Gasteiger partial charge on any atom is 0.220 e. The summed E-state index contributed by atoms with van der Waals surface area (Å²) in [4.78, 5) is 11.9. The van der Waals surface area contributed by atoms with Crippen LogP contribution in [-0.2, 0) is 4.79 Å². The van der Waals surface area contributed by atoms with Crippen LogP contribution in [0.1, 0.15) is 53.4 Å². The molecule has 0 unspecified atom stereocenters. The molecule has 0 radical (unpaired) electrons. The van der Waals surface area contributed by atoms with Crippen molar-refractivity contribution in [1.29, 1.82) is 0 Å². The normalized spacial score (nSPS) is 28.0. The zero-order chi connectivity index (χ0) is 14.0. The Kier molecular flexibility index (Phi) is 4.45. The van der Waals surface area contributed by atoms with E-state index in [1.165, 1.54) is 0 Å². The van der Waals surface area contributed by atoms with Gasteiger partial charge >= 0.3 is 0 Å². The van der Waals surface area contributed by atoms with Crippen molar-refractivity contribution in [2.24, 2.45) is 16.6 Å². The molecule has 0 atom stereocenters. The number of carbonyl (C=O) groups is 1. The minimum Gasteiger partial charge on any atom is -0.352 e. The van der Waals surface area contributed by atoms with Gasteiger partial charge in [0.15, 0.2) is 0 Å². The number of rotatable bonds is 5. The number of unbranched alkanes of at least 4 members (excludes halogenated alkanes) is 2. The molecular weight excluding hydrogens is 224 g/mol. The summed E-state index contributed by atoms with van der Waals surface area (Å²) in [6.45, 7) is 8.47. The van der Waals surface area contributed by atoms with Crippen molar-refractivity contribution in [3.05, 3.63) is 0 Å². The highest BCUT2D eigenvalue weighted by Crippen LogP contribution is 2.52. The van der Waals surface area contributed by atoms with E-state index in [4.69, 9.17) is 12.2 Å². The molecule has 3 N–H and O–H groups in total. The summed E-state index contributed by atoms with van der Waals surface area (Å²) in [5.41, 5.74) is 6.11. The van der Waals surface area contributed by atoms with Gasteiger partial charge in [-0.25, -0.2) is 0 Å². The Morgan fingerprint density at radius 3 is 2.33 bits per heavy atom. The van der Waals surface area contributed by atoms with Gasteiger partial charge in [0.25, 0.3) is 0 Å². The maximum atomic E-state index is 11.9. The van der Waals surface area contributed by atoms with E-state index < -0.39 is 0 Å². The Morgan fingerprint density at radius 1 is 1.28 bits per heavy atom. The monoisotopic (exact) mass is 250 g/mol. The van der Waals surface area contributed by atoms with E-state index in [1.54, 1.807) is 0 Å². The molecule has 0 aliphatic heterocycles. The fourth-order valence-corrected chi connectivity index (χ4v) is 3.30. The standard InChI is InChI=1S/C15H26N2O/c1-6-7-8-9-10-11(18)17-13-14(2,3)12(16)15(13,4)5/h1,12-13H,7-10,16H2,2-5H3,(H,17,18). The lowest BCUT2D eigenvalue weighted by Crippen LogP contribution is -2.76. The van der Waals surface area contributed by atoms with Crippen molar-refractivity contribution < 1.29 is 4.79 Å². The molecule has 0 aromatic heterocycles. The van der Waals surface area contributed by atoms with Crippen LogP contribution in [0, 0.1) is 23.2 Å². The molecule has 0 bridgehead atoms. The van der Waals surface area contributed by atoms with Gasteiger partial charge in [0, 0.05) is 35.8 Å². The third kappa shape index (κ3) is 2.70. The van der Waals surface area contributed by atoms with Crippen molar-refractivity contribution in [1.82, 2.24) is 5.32 Å². The van der Waals surface area contributed by atoms with E-state index in [1.807, 2.05) is 0 Å². The van der Waals surface area contributed by atoms with Gasteiger partial charge in [-0.1, -0.05) is 27.7 Å². The molecule has 1 saturated carbocycles. The largest absolute Gasteiger partial charge is 0.352 e. The van der Waals surface area contributed by atoms with Gasteiger partial charge in [0.05, 0.1) is 0 Å². The first-order chi connectivity index (χ1) is 8.24. The highest BCUT2D eigenvalue weighted by molar-refractivity contribution is 5.76. The Labute approximate surface area is 111 Å². The molecule has 3 nitrogen and oxygen atoms in total. The number of hydrogen-bond donors (Lipinski definition) is 2. The Bertz CT molecular complexity index is 336. The van der Waals surface area contributed by atoms with Gasteiger partial charge in [-0.2, -0.15) is 0 Å². The molecule has 0 saturated heterocycles. The minimum absolute atomic E-state index is 0.0298. The molecule has 0 heterocycles. The van der Waals surface area contributed by atoms with Crippen LogP contribution in [0.15, 0.2) is 0 Å². The molecule has 1 aliphatic carbocycles. The number of hydrogen-bond acceptors (Lipinski definition) is 2. The van der Waals surface area contributed by atoms with Crippen LogP contribution >= 0.6 is 0 Å². The first kappa shape index (κ1) is 15.0. The van der Waals surface area contributed by atoms with Crippen LogP contribution in [0.4, 0.5) is 0 Å². The van der Waals surface area contributed by atoms with Crippen LogP contribution in [-0.4, -0.2) is 18.0 Å². The second-order valence-corrected chi connectivity index (χ2v) is 6.53. The molecular formula is C15H26N2O. The summed E-state index contributed by atoms with van der Waals surface area (Å²) in [6.07, 6.45) is 8.26. The summed E-state index contributed by atoms with van der Waals surface area (Å²) in [5.74, 6) is 2.70. The first-order valence-corrected chi connectivity index (χ1v) is 6.73. The Balaban J connectivity index is 2.43. The van der Waals surface area contributed by atoms with Gasteiger partial charge in [0.2, 0.25) is 5.91 Å². The molecule has 0 aromatic carbocycles. The second-order valence-electron chi connectivity index (χ2n) is 6.53. The molecule has 1 fully saturated rings. The fraction of sp³-hybridized carbons (Fsp3) is 0.800. The number of nitrogens with two attached hydrogens (primary N) is 1. The second kappa shape index (κ2) is 5.32. The van der Waals surface area contributed by atoms with E-state index in [9.17, 15) is 4.79 Å². The topological polar surface area (TPSA) is 55.1 Å². The SMILES string of the molecule is C#CCCCCC(=O)NC1C(C)(C)C(N)C1(C)C.